The van der Waals surface area contributed by atoms with Crippen molar-refractivity contribution in [3.8, 4) is 5.75 Å². The maximum atomic E-state index is 11.8. The topological polar surface area (TPSA) is 70.7 Å². The second-order valence-corrected chi connectivity index (χ2v) is 5.90. The molecule has 0 aromatic heterocycles. The van der Waals surface area contributed by atoms with Crippen LogP contribution in [0.1, 0.15) is 26.3 Å². The first-order valence-electron chi connectivity index (χ1n) is 7.88. The average molecular weight is 321 g/mol. The van der Waals surface area contributed by atoms with Crippen LogP contribution in [-0.4, -0.2) is 43.6 Å². The lowest BCUT2D eigenvalue weighted by molar-refractivity contribution is -0.120. The Hall–Kier alpha value is -2.08. The van der Waals surface area contributed by atoms with Gasteiger partial charge in [-0.05, 0) is 37.6 Å². The number of hydrogen-bond acceptors (Lipinski definition) is 4. The van der Waals surface area contributed by atoms with Crippen LogP contribution in [0.25, 0.3) is 0 Å². The third-order valence-corrected chi connectivity index (χ3v) is 3.02. The smallest absolute Gasteiger partial charge is 0.321 e. The zero-order valence-electron chi connectivity index (χ0n) is 14.4. The highest BCUT2D eigenvalue weighted by Crippen LogP contribution is 2.13. The van der Waals surface area contributed by atoms with Gasteiger partial charge in [-0.1, -0.05) is 26.0 Å². The molecule has 0 fully saturated rings. The SMILES string of the molecule is CCOc1ccc(CN(C)CC(=O)NC(=O)NCC(C)C)cc1. The van der Waals surface area contributed by atoms with Gasteiger partial charge < -0.3 is 10.1 Å². The average Bonchev–Trinajstić information content (AvgIpc) is 2.47. The number of nitrogens with zero attached hydrogens (tertiary/aromatic N) is 1. The van der Waals surface area contributed by atoms with Crippen molar-refractivity contribution in [3.05, 3.63) is 29.8 Å². The van der Waals surface area contributed by atoms with Crippen LogP contribution in [0.15, 0.2) is 24.3 Å². The Bertz CT molecular complexity index is 500. The summed E-state index contributed by atoms with van der Waals surface area (Å²) in [7, 11) is 1.84. The van der Waals surface area contributed by atoms with E-state index >= 15 is 0 Å². The first kappa shape index (κ1) is 19.0. The number of ether oxygens (including phenoxy) is 1. The van der Waals surface area contributed by atoms with Crippen LogP contribution in [0.4, 0.5) is 4.79 Å². The predicted octanol–water partition coefficient (Wildman–Crippen LogP) is 2.00. The van der Waals surface area contributed by atoms with Crippen LogP contribution in [0.5, 0.6) is 5.75 Å². The molecule has 0 bridgehead atoms. The second-order valence-electron chi connectivity index (χ2n) is 5.90. The third-order valence-electron chi connectivity index (χ3n) is 3.02. The van der Waals surface area contributed by atoms with E-state index in [1.54, 1.807) is 0 Å². The number of likely N-dealkylation sites (N-methyl/N-ethyl adjacent to an activating group) is 1. The number of urea groups is 1. The van der Waals surface area contributed by atoms with E-state index in [9.17, 15) is 9.59 Å². The normalized spacial score (nSPS) is 10.7. The van der Waals surface area contributed by atoms with Crippen LogP contribution in [0.3, 0.4) is 0 Å². The summed E-state index contributed by atoms with van der Waals surface area (Å²) in [4.78, 5) is 25.2. The van der Waals surface area contributed by atoms with Gasteiger partial charge in [-0.25, -0.2) is 4.79 Å². The van der Waals surface area contributed by atoms with Crippen LogP contribution in [-0.2, 0) is 11.3 Å². The van der Waals surface area contributed by atoms with Crippen molar-refractivity contribution in [2.24, 2.45) is 5.92 Å². The fraction of sp³-hybridized carbons (Fsp3) is 0.529. The standard InChI is InChI=1S/C17H27N3O3/c1-5-23-15-8-6-14(7-9-15)11-20(4)12-16(21)19-17(22)18-10-13(2)3/h6-9,13H,5,10-12H2,1-4H3,(H2,18,19,21,22). The predicted molar refractivity (Wildman–Crippen MR) is 90.3 cm³/mol. The molecular weight excluding hydrogens is 294 g/mol. The molecule has 0 atom stereocenters. The van der Waals surface area contributed by atoms with Crippen molar-refractivity contribution >= 4 is 11.9 Å². The quantitative estimate of drug-likeness (QED) is 0.768. The maximum absolute atomic E-state index is 11.8. The van der Waals surface area contributed by atoms with Gasteiger partial charge in [0.1, 0.15) is 5.75 Å². The molecule has 0 saturated carbocycles. The number of amides is 3. The van der Waals surface area contributed by atoms with Gasteiger partial charge in [0.2, 0.25) is 5.91 Å². The fourth-order valence-electron chi connectivity index (χ4n) is 1.98. The molecule has 1 aromatic carbocycles. The minimum Gasteiger partial charge on any atom is -0.494 e. The molecule has 0 aliphatic rings. The Balaban J connectivity index is 2.36. The van der Waals surface area contributed by atoms with E-state index in [1.165, 1.54) is 0 Å². The highest BCUT2D eigenvalue weighted by Gasteiger charge is 2.11. The number of imide groups is 1. The Morgan fingerprint density at radius 1 is 1.22 bits per heavy atom. The molecule has 23 heavy (non-hydrogen) atoms. The Labute approximate surface area is 138 Å². The lowest BCUT2D eigenvalue weighted by Gasteiger charge is -2.16. The van der Waals surface area contributed by atoms with Gasteiger partial charge in [0, 0.05) is 13.1 Å². The summed E-state index contributed by atoms with van der Waals surface area (Å²) in [5.74, 6) is 0.858. The van der Waals surface area contributed by atoms with Crippen LogP contribution >= 0.6 is 0 Å². The molecule has 6 nitrogen and oxygen atoms in total. The summed E-state index contributed by atoms with van der Waals surface area (Å²) in [5.41, 5.74) is 1.08. The lowest BCUT2D eigenvalue weighted by atomic mass is 10.2. The first-order valence-corrected chi connectivity index (χ1v) is 7.88. The van der Waals surface area contributed by atoms with Crippen molar-refractivity contribution in [3.63, 3.8) is 0 Å². The molecule has 1 rings (SSSR count). The minimum absolute atomic E-state index is 0.155. The van der Waals surface area contributed by atoms with E-state index in [0.29, 0.717) is 25.6 Å². The highest BCUT2D eigenvalue weighted by atomic mass is 16.5. The molecule has 0 heterocycles. The number of carbonyl (C=O) groups excluding carboxylic acids is 2. The van der Waals surface area contributed by atoms with Gasteiger partial charge in [0.25, 0.3) is 0 Å². The van der Waals surface area contributed by atoms with E-state index < -0.39 is 6.03 Å². The first-order chi connectivity index (χ1) is 10.9. The van der Waals surface area contributed by atoms with Gasteiger partial charge >= 0.3 is 6.03 Å². The third kappa shape index (κ3) is 8.21. The van der Waals surface area contributed by atoms with Gasteiger partial charge in [0.05, 0.1) is 13.2 Å². The fourth-order valence-corrected chi connectivity index (χ4v) is 1.98. The molecule has 6 heteroatoms. The molecule has 0 saturated heterocycles. The van der Waals surface area contributed by atoms with E-state index in [1.807, 2.05) is 57.0 Å². The van der Waals surface area contributed by atoms with E-state index in [-0.39, 0.29) is 12.5 Å². The van der Waals surface area contributed by atoms with E-state index in [2.05, 4.69) is 10.6 Å². The highest BCUT2D eigenvalue weighted by molar-refractivity contribution is 5.95. The number of carbonyl (C=O) groups is 2. The molecule has 0 spiro atoms. The van der Waals surface area contributed by atoms with Crippen LogP contribution in [0.2, 0.25) is 0 Å². The summed E-state index contributed by atoms with van der Waals surface area (Å²) >= 11 is 0. The molecule has 2 N–H and O–H groups in total. The molecule has 0 aliphatic heterocycles. The number of hydrogen-bond donors (Lipinski definition) is 2. The second kappa shape index (κ2) is 9.84. The summed E-state index contributed by atoms with van der Waals surface area (Å²) in [6, 6.07) is 7.31. The molecule has 0 radical (unpaired) electrons. The molecule has 3 amide bonds. The number of benzene rings is 1. The molecular formula is C17H27N3O3. The monoisotopic (exact) mass is 321 g/mol. The number of nitrogens with one attached hydrogen (secondary N) is 2. The van der Waals surface area contributed by atoms with Gasteiger partial charge in [-0.2, -0.15) is 0 Å². The molecule has 0 aliphatic carbocycles. The van der Waals surface area contributed by atoms with Gasteiger partial charge in [-0.15, -0.1) is 0 Å². The van der Waals surface area contributed by atoms with E-state index in [4.69, 9.17) is 4.74 Å². The zero-order chi connectivity index (χ0) is 17.2. The molecule has 1 aromatic rings. The minimum atomic E-state index is -0.446. The lowest BCUT2D eigenvalue weighted by Crippen LogP contribution is -2.44. The summed E-state index contributed by atoms with van der Waals surface area (Å²) in [6.07, 6.45) is 0. The largest absolute Gasteiger partial charge is 0.494 e. The summed E-state index contributed by atoms with van der Waals surface area (Å²) < 4.78 is 5.39. The van der Waals surface area contributed by atoms with Crippen molar-refractivity contribution in [1.29, 1.82) is 0 Å². The van der Waals surface area contributed by atoms with Crippen molar-refractivity contribution in [2.45, 2.75) is 27.3 Å². The van der Waals surface area contributed by atoms with Crippen molar-refractivity contribution in [1.82, 2.24) is 15.5 Å². The number of rotatable bonds is 8. The molecule has 0 unspecified atom stereocenters. The van der Waals surface area contributed by atoms with Gasteiger partial charge in [0.15, 0.2) is 0 Å². The maximum Gasteiger partial charge on any atom is 0.321 e. The van der Waals surface area contributed by atoms with Crippen molar-refractivity contribution < 1.29 is 14.3 Å². The molecule has 128 valence electrons. The summed E-state index contributed by atoms with van der Waals surface area (Å²) in [5, 5.41) is 4.98. The van der Waals surface area contributed by atoms with Gasteiger partial charge in [-0.3, -0.25) is 15.0 Å². The van der Waals surface area contributed by atoms with Crippen LogP contribution < -0.4 is 15.4 Å². The van der Waals surface area contributed by atoms with Crippen molar-refractivity contribution in [2.75, 3.05) is 26.7 Å². The van der Waals surface area contributed by atoms with Crippen LogP contribution in [0, 0.1) is 5.92 Å². The Morgan fingerprint density at radius 3 is 2.43 bits per heavy atom. The zero-order valence-corrected chi connectivity index (χ0v) is 14.4. The Morgan fingerprint density at radius 2 is 1.87 bits per heavy atom. The summed E-state index contributed by atoms with van der Waals surface area (Å²) in [6.45, 7) is 7.88. The Kier molecular flexibility index (Phi) is 8.11. The van der Waals surface area contributed by atoms with E-state index in [0.717, 1.165) is 11.3 Å².